The molecule has 1 fully saturated rings. The molecule has 2 aromatic rings. The molecule has 0 N–H and O–H groups in total. The highest BCUT2D eigenvalue weighted by Gasteiger charge is 2.39. The number of hydrogen-bond acceptors (Lipinski definition) is 5. The number of nitrogens with zero attached hydrogens (tertiary/aromatic N) is 3. The summed E-state index contributed by atoms with van der Waals surface area (Å²) < 4.78 is 32.3. The van der Waals surface area contributed by atoms with E-state index in [1.54, 1.807) is 31.2 Å². The third-order valence-electron chi connectivity index (χ3n) is 3.75. The van der Waals surface area contributed by atoms with E-state index in [1.807, 2.05) is 6.07 Å². The van der Waals surface area contributed by atoms with Gasteiger partial charge in [0.15, 0.2) is 0 Å². The Kier molecular flexibility index (Phi) is 4.45. The summed E-state index contributed by atoms with van der Waals surface area (Å²) in [5.41, 5.74) is 0.963. The van der Waals surface area contributed by atoms with Gasteiger partial charge in [0.2, 0.25) is 15.9 Å². The standard InChI is InChI=1S/C16H14ClN3O3S/c1-11-4-5-13(17)7-15(11)24(21,22)20-9-14(10-20)23-16-12(8-18)3-2-6-19-16/h2-7,14H,9-10H2,1H3. The first-order valence-electron chi connectivity index (χ1n) is 7.20. The fourth-order valence-electron chi connectivity index (χ4n) is 2.39. The lowest BCUT2D eigenvalue weighted by Crippen LogP contribution is -2.56. The lowest BCUT2D eigenvalue weighted by Gasteiger charge is -2.37. The number of aryl methyl sites for hydroxylation is 1. The van der Waals surface area contributed by atoms with Crippen LogP contribution in [0.5, 0.6) is 5.88 Å². The van der Waals surface area contributed by atoms with E-state index in [0.717, 1.165) is 0 Å². The number of ether oxygens (including phenoxy) is 1. The molecule has 1 aliphatic heterocycles. The molecule has 6 nitrogen and oxygen atoms in total. The normalized spacial score (nSPS) is 15.5. The van der Waals surface area contributed by atoms with Gasteiger partial charge in [0.05, 0.1) is 18.0 Å². The highest BCUT2D eigenvalue weighted by atomic mass is 35.5. The van der Waals surface area contributed by atoms with E-state index in [-0.39, 0.29) is 30.0 Å². The SMILES string of the molecule is Cc1ccc(Cl)cc1S(=O)(=O)N1CC(Oc2ncccc2C#N)C1. The molecule has 1 saturated heterocycles. The predicted octanol–water partition coefficient (Wildman–Crippen LogP) is 2.37. The third-order valence-corrected chi connectivity index (χ3v) is 5.96. The quantitative estimate of drug-likeness (QED) is 0.832. The topological polar surface area (TPSA) is 83.3 Å². The number of benzene rings is 1. The van der Waals surface area contributed by atoms with Crippen LogP contribution in [0.4, 0.5) is 0 Å². The molecular formula is C16H14ClN3O3S. The van der Waals surface area contributed by atoms with Crippen molar-refractivity contribution in [1.29, 1.82) is 5.26 Å². The maximum atomic E-state index is 12.7. The summed E-state index contributed by atoms with van der Waals surface area (Å²) in [7, 11) is -3.61. The van der Waals surface area contributed by atoms with E-state index in [4.69, 9.17) is 21.6 Å². The fraction of sp³-hybridized carbons (Fsp3) is 0.250. The number of rotatable bonds is 4. The molecule has 0 bridgehead atoms. The second kappa shape index (κ2) is 6.40. The molecule has 0 atom stereocenters. The predicted molar refractivity (Wildman–Crippen MR) is 88.3 cm³/mol. The van der Waals surface area contributed by atoms with Crippen molar-refractivity contribution in [3.8, 4) is 11.9 Å². The van der Waals surface area contributed by atoms with Gasteiger partial charge >= 0.3 is 0 Å². The van der Waals surface area contributed by atoms with E-state index in [1.165, 1.54) is 16.6 Å². The van der Waals surface area contributed by atoms with Crippen LogP contribution in [0.15, 0.2) is 41.4 Å². The summed E-state index contributed by atoms with van der Waals surface area (Å²) in [5.74, 6) is 0.223. The van der Waals surface area contributed by atoms with E-state index in [0.29, 0.717) is 16.1 Å². The average Bonchev–Trinajstić information content (AvgIpc) is 2.52. The Morgan fingerprint density at radius 2 is 2.12 bits per heavy atom. The number of pyridine rings is 1. The molecule has 0 aliphatic carbocycles. The van der Waals surface area contributed by atoms with Crippen molar-refractivity contribution in [3.63, 3.8) is 0 Å². The first kappa shape index (κ1) is 16.7. The van der Waals surface area contributed by atoms with Gasteiger partial charge < -0.3 is 4.74 Å². The second-order valence-corrected chi connectivity index (χ2v) is 7.78. The van der Waals surface area contributed by atoms with Crippen molar-refractivity contribution in [2.24, 2.45) is 0 Å². The monoisotopic (exact) mass is 363 g/mol. The number of hydrogen-bond donors (Lipinski definition) is 0. The number of nitriles is 1. The third kappa shape index (κ3) is 3.08. The fourth-order valence-corrected chi connectivity index (χ4v) is 4.38. The minimum Gasteiger partial charge on any atom is -0.471 e. The Balaban J connectivity index is 1.72. The van der Waals surface area contributed by atoms with Gasteiger partial charge in [-0.2, -0.15) is 9.57 Å². The zero-order valence-electron chi connectivity index (χ0n) is 12.8. The van der Waals surface area contributed by atoms with Crippen LogP contribution >= 0.6 is 11.6 Å². The summed E-state index contributed by atoms with van der Waals surface area (Å²) in [4.78, 5) is 4.21. The molecule has 2 heterocycles. The summed E-state index contributed by atoms with van der Waals surface area (Å²) in [6, 6.07) is 10.0. The van der Waals surface area contributed by atoms with Crippen molar-refractivity contribution in [1.82, 2.24) is 9.29 Å². The molecular weight excluding hydrogens is 350 g/mol. The van der Waals surface area contributed by atoms with Crippen LogP contribution in [0.3, 0.4) is 0 Å². The van der Waals surface area contributed by atoms with E-state index in [9.17, 15) is 8.42 Å². The highest BCUT2D eigenvalue weighted by Crippen LogP contribution is 2.28. The van der Waals surface area contributed by atoms with Gasteiger partial charge in [-0.05, 0) is 36.8 Å². The van der Waals surface area contributed by atoms with Gasteiger partial charge in [-0.15, -0.1) is 0 Å². The number of halogens is 1. The largest absolute Gasteiger partial charge is 0.471 e. The molecule has 0 saturated carbocycles. The van der Waals surface area contributed by atoms with Crippen LogP contribution in [0.2, 0.25) is 5.02 Å². The molecule has 24 heavy (non-hydrogen) atoms. The molecule has 8 heteroatoms. The van der Waals surface area contributed by atoms with Crippen molar-refractivity contribution in [2.75, 3.05) is 13.1 Å². The molecule has 1 aromatic carbocycles. The molecule has 1 aliphatic rings. The maximum Gasteiger partial charge on any atom is 0.243 e. The highest BCUT2D eigenvalue weighted by molar-refractivity contribution is 7.89. The summed E-state index contributed by atoms with van der Waals surface area (Å²) in [6.07, 6.45) is 1.19. The van der Waals surface area contributed by atoms with Crippen LogP contribution in [-0.4, -0.2) is 36.9 Å². The minimum atomic E-state index is -3.61. The van der Waals surface area contributed by atoms with Crippen molar-refractivity contribution < 1.29 is 13.2 Å². The van der Waals surface area contributed by atoms with Gasteiger partial charge in [0.25, 0.3) is 0 Å². The zero-order chi connectivity index (χ0) is 17.3. The lowest BCUT2D eigenvalue weighted by atomic mass is 10.2. The lowest BCUT2D eigenvalue weighted by molar-refractivity contribution is 0.0718. The first-order valence-corrected chi connectivity index (χ1v) is 9.01. The van der Waals surface area contributed by atoms with Crippen molar-refractivity contribution in [2.45, 2.75) is 17.9 Å². The van der Waals surface area contributed by atoms with E-state index < -0.39 is 10.0 Å². The molecule has 1 aromatic heterocycles. The van der Waals surface area contributed by atoms with Gasteiger partial charge in [-0.1, -0.05) is 17.7 Å². The summed E-state index contributed by atoms with van der Waals surface area (Å²) >= 11 is 5.91. The molecule has 0 radical (unpaired) electrons. The first-order chi connectivity index (χ1) is 11.4. The minimum absolute atomic E-state index is 0.198. The Morgan fingerprint density at radius 3 is 2.83 bits per heavy atom. The van der Waals surface area contributed by atoms with Crippen LogP contribution in [0, 0.1) is 18.3 Å². The molecule has 0 amide bonds. The van der Waals surface area contributed by atoms with Gasteiger partial charge in [0, 0.05) is 11.2 Å². The molecule has 3 rings (SSSR count). The number of aromatic nitrogens is 1. The van der Waals surface area contributed by atoms with Crippen molar-refractivity contribution >= 4 is 21.6 Å². The average molecular weight is 364 g/mol. The molecule has 0 spiro atoms. The summed E-state index contributed by atoms with van der Waals surface area (Å²) in [5, 5.41) is 9.39. The van der Waals surface area contributed by atoms with Crippen LogP contribution in [0.25, 0.3) is 0 Å². The smallest absolute Gasteiger partial charge is 0.243 e. The molecule has 124 valence electrons. The van der Waals surface area contributed by atoms with E-state index in [2.05, 4.69) is 4.98 Å². The Hall–Kier alpha value is -2.14. The second-order valence-electron chi connectivity index (χ2n) is 5.44. The number of sulfonamides is 1. The maximum absolute atomic E-state index is 12.7. The van der Waals surface area contributed by atoms with Crippen LogP contribution in [-0.2, 0) is 10.0 Å². The van der Waals surface area contributed by atoms with E-state index >= 15 is 0 Å². The van der Waals surface area contributed by atoms with Gasteiger partial charge in [-0.25, -0.2) is 13.4 Å². The Labute approximate surface area is 145 Å². The molecule has 0 unspecified atom stereocenters. The summed E-state index contributed by atoms with van der Waals surface area (Å²) in [6.45, 7) is 2.13. The van der Waals surface area contributed by atoms with Gasteiger partial charge in [0.1, 0.15) is 17.7 Å². The van der Waals surface area contributed by atoms with Crippen LogP contribution in [0.1, 0.15) is 11.1 Å². The van der Waals surface area contributed by atoms with Crippen molar-refractivity contribution in [3.05, 3.63) is 52.7 Å². The zero-order valence-corrected chi connectivity index (χ0v) is 14.4. The Bertz CT molecular complexity index is 918. The Morgan fingerprint density at radius 1 is 1.38 bits per heavy atom. The van der Waals surface area contributed by atoms with Crippen LogP contribution < -0.4 is 4.74 Å². The van der Waals surface area contributed by atoms with Gasteiger partial charge in [-0.3, -0.25) is 0 Å².